The molecule has 3 atom stereocenters. The Morgan fingerprint density at radius 2 is 2.08 bits per heavy atom. The van der Waals surface area contributed by atoms with E-state index < -0.39 is 0 Å². The van der Waals surface area contributed by atoms with Crippen LogP contribution in [0.2, 0.25) is 0 Å². The molecule has 0 spiro atoms. The number of carbonyl (C=O) groups is 1. The molecule has 2 aliphatic heterocycles. The van der Waals surface area contributed by atoms with Gasteiger partial charge in [-0.05, 0) is 35.7 Å². The van der Waals surface area contributed by atoms with E-state index in [0.29, 0.717) is 5.92 Å². The Balaban J connectivity index is 1.73. The Morgan fingerprint density at radius 1 is 1.28 bits per heavy atom. The number of piperidine rings is 1. The topological polar surface area (TPSA) is 41.6 Å². The van der Waals surface area contributed by atoms with Crippen molar-refractivity contribution in [2.24, 2.45) is 0 Å². The van der Waals surface area contributed by atoms with Crippen molar-refractivity contribution in [2.45, 2.75) is 24.4 Å². The van der Waals surface area contributed by atoms with Gasteiger partial charge in [0, 0.05) is 29.7 Å². The smallest absolute Gasteiger partial charge is 0.249 e. The molecule has 1 amide bonds. The SMILES string of the molecule is COCC(=O)N1CCC2c3cc(Br)ccc3NC2C1c1ccccc1. The molecule has 0 aliphatic carbocycles. The molecule has 0 saturated carbocycles. The second-order valence-corrected chi connectivity index (χ2v) is 7.59. The Hall–Kier alpha value is -1.85. The van der Waals surface area contributed by atoms with Crippen molar-refractivity contribution < 1.29 is 9.53 Å². The van der Waals surface area contributed by atoms with E-state index in [9.17, 15) is 4.79 Å². The number of halogens is 1. The molecule has 0 bridgehead atoms. The minimum absolute atomic E-state index is 0.00813. The maximum atomic E-state index is 12.7. The van der Waals surface area contributed by atoms with Crippen molar-refractivity contribution in [3.63, 3.8) is 0 Å². The van der Waals surface area contributed by atoms with E-state index in [1.54, 1.807) is 7.11 Å². The summed E-state index contributed by atoms with van der Waals surface area (Å²) in [6.07, 6.45) is 0.958. The zero-order chi connectivity index (χ0) is 17.4. The van der Waals surface area contributed by atoms with Crippen LogP contribution in [0.5, 0.6) is 0 Å². The predicted molar refractivity (Wildman–Crippen MR) is 102 cm³/mol. The van der Waals surface area contributed by atoms with Crippen LogP contribution in [0.25, 0.3) is 0 Å². The fraction of sp³-hybridized carbons (Fsp3) is 0.350. The van der Waals surface area contributed by atoms with Gasteiger partial charge >= 0.3 is 0 Å². The summed E-state index contributed by atoms with van der Waals surface area (Å²) in [5.41, 5.74) is 3.69. The maximum absolute atomic E-state index is 12.7. The lowest BCUT2D eigenvalue weighted by Crippen LogP contribution is -2.50. The highest BCUT2D eigenvalue weighted by Gasteiger charge is 2.45. The van der Waals surface area contributed by atoms with Crippen molar-refractivity contribution in [1.29, 1.82) is 0 Å². The van der Waals surface area contributed by atoms with Crippen LogP contribution < -0.4 is 5.32 Å². The number of fused-ring (bicyclic) bond motifs is 3. The van der Waals surface area contributed by atoms with Gasteiger partial charge < -0.3 is 15.0 Å². The number of amides is 1. The molecule has 2 heterocycles. The molecular weight excluding hydrogens is 380 g/mol. The molecule has 130 valence electrons. The fourth-order valence-electron chi connectivity index (χ4n) is 4.21. The number of nitrogens with one attached hydrogen (secondary N) is 1. The Kier molecular flexibility index (Phi) is 4.52. The fourth-order valence-corrected chi connectivity index (χ4v) is 4.59. The van der Waals surface area contributed by atoms with Gasteiger partial charge in [0.2, 0.25) is 5.91 Å². The van der Waals surface area contributed by atoms with Crippen molar-refractivity contribution in [1.82, 2.24) is 4.90 Å². The molecule has 1 fully saturated rings. The lowest BCUT2D eigenvalue weighted by Gasteiger charge is -2.43. The third kappa shape index (κ3) is 2.96. The minimum atomic E-state index is 0.00813. The lowest BCUT2D eigenvalue weighted by atomic mass is 9.81. The first kappa shape index (κ1) is 16.6. The van der Waals surface area contributed by atoms with Crippen LogP contribution in [0.15, 0.2) is 53.0 Å². The first-order chi connectivity index (χ1) is 12.2. The van der Waals surface area contributed by atoms with Gasteiger partial charge in [-0.1, -0.05) is 46.3 Å². The highest BCUT2D eigenvalue weighted by atomic mass is 79.9. The molecule has 2 aliphatic rings. The quantitative estimate of drug-likeness (QED) is 0.847. The van der Waals surface area contributed by atoms with Gasteiger partial charge in [-0.25, -0.2) is 0 Å². The third-order valence-corrected chi connectivity index (χ3v) is 5.75. The molecule has 5 heteroatoms. The first-order valence-electron chi connectivity index (χ1n) is 8.58. The van der Waals surface area contributed by atoms with Gasteiger partial charge in [0.15, 0.2) is 0 Å². The number of hydrogen-bond donors (Lipinski definition) is 1. The molecular formula is C20H21BrN2O2. The summed E-state index contributed by atoms with van der Waals surface area (Å²) in [6.45, 7) is 0.871. The number of methoxy groups -OCH3 is 1. The van der Waals surface area contributed by atoms with Crippen molar-refractivity contribution in [3.8, 4) is 0 Å². The van der Waals surface area contributed by atoms with E-state index >= 15 is 0 Å². The van der Waals surface area contributed by atoms with Gasteiger partial charge in [-0.3, -0.25) is 4.79 Å². The molecule has 2 aromatic rings. The van der Waals surface area contributed by atoms with Crippen LogP contribution >= 0.6 is 15.9 Å². The Bertz CT molecular complexity index is 781. The number of hydrogen-bond acceptors (Lipinski definition) is 3. The first-order valence-corrected chi connectivity index (χ1v) is 9.37. The van der Waals surface area contributed by atoms with E-state index in [1.165, 1.54) is 16.8 Å². The lowest BCUT2D eigenvalue weighted by molar-refractivity contribution is -0.139. The average molecular weight is 401 g/mol. The number of anilines is 1. The zero-order valence-electron chi connectivity index (χ0n) is 14.1. The summed E-state index contributed by atoms with van der Waals surface area (Å²) in [5.74, 6) is 0.457. The maximum Gasteiger partial charge on any atom is 0.249 e. The normalized spacial score (nSPS) is 24.4. The molecule has 1 saturated heterocycles. The summed E-state index contributed by atoms with van der Waals surface area (Å²) in [7, 11) is 1.57. The molecule has 4 rings (SSSR count). The van der Waals surface area contributed by atoms with Gasteiger partial charge in [-0.2, -0.15) is 0 Å². The monoisotopic (exact) mass is 400 g/mol. The minimum Gasteiger partial charge on any atom is -0.379 e. The summed E-state index contributed by atoms with van der Waals surface area (Å²) >= 11 is 3.59. The largest absolute Gasteiger partial charge is 0.379 e. The van der Waals surface area contributed by atoms with Crippen LogP contribution in [-0.4, -0.2) is 37.1 Å². The Morgan fingerprint density at radius 3 is 2.84 bits per heavy atom. The zero-order valence-corrected chi connectivity index (χ0v) is 15.7. The van der Waals surface area contributed by atoms with Gasteiger partial charge in [-0.15, -0.1) is 0 Å². The van der Waals surface area contributed by atoms with E-state index in [2.05, 4.69) is 51.6 Å². The number of ether oxygens (including phenoxy) is 1. The number of benzene rings is 2. The third-order valence-electron chi connectivity index (χ3n) is 5.25. The predicted octanol–water partition coefficient (Wildman–Crippen LogP) is 3.95. The average Bonchev–Trinajstić information content (AvgIpc) is 2.99. The van der Waals surface area contributed by atoms with Crippen LogP contribution in [-0.2, 0) is 9.53 Å². The second-order valence-electron chi connectivity index (χ2n) is 6.67. The van der Waals surface area contributed by atoms with E-state index in [-0.39, 0.29) is 24.6 Å². The van der Waals surface area contributed by atoms with Crippen molar-refractivity contribution in [3.05, 3.63) is 64.1 Å². The van der Waals surface area contributed by atoms with E-state index in [4.69, 9.17) is 4.74 Å². The molecule has 0 aromatic heterocycles. The molecule has 0 radical (unpaired) electrons. The molecule has 1 N–H and O–H groups in total. The summed E-state index contributed by atoms with van der Waals surface area (Å²) < 4.78 is 6.21. The highest BCUT2D eigenvalue weighted by molar-refractivity contribution is 9.10. The standard InChI is InChI=1S/C20H21BrN2O2/c1-25-12-18(24)23-10-9-15-16-11-14(21)7-8-17(16)22-19(15)20(23)13-5-3-2-4-6-13/h2-8,11,15,19-20,22H,9-10,12H2,1H3. The molecule has 25 heavy (non-hydrogen) atoms. The summed E-state index contributed by atoms with van der Waals surface area (Å²) in [4.78, 5) is 14.6. The van der Waals surface area contributed by atoms with Crippen molar-refractivity contribution in [2.75, 3.05) is 25.6 Å². The Labute approximate surface area is 156 Å². The molecule has 3 unspecified atom stereocenters. The van der Waals surface area contributed by atoms with Crippen molar-refractivity contribution >= 4 is 27.5 Å². The van der Waals surface area contributed by atoms with Gasteiger partial charge in [0.1, 0.15) is 6.61 Å². The molecule has 4 nitrogen and oxygen atoms in total. The van der Waals surface area contributed by atoms with E-state index in [0.717, 1.165) is 17.4 Å². The van der Waals surface area contributed by atoms with Crippen LogP contribution in [0.4, 0.5) is 5.69 Å². The van der Waals surface area contributed by atoms with Crippen LogP contribution in [0.1, 0.15) is 29.5 Å². The second kappa shape index (κ2) is 6.81. The van der Waals surface area contributed by atoms with E-state index in [1.807, 2.05) is 23.1 Å². The molecule has 2 aromatic carbocycles. The van der Waals surface area contributed by atoms with Gasteiger partial charge in [0.05, 0.1) is 12.1 Å². The number of carbonyl (C=O) groups excluding carboxylic acids is 1. The summed E-state index contributed by atoms with van der Waals surface area (Å²) in [6, 6.07) is 16.9. The number of rotatable bonds is 3. The highest BCUT2D eigenvalue weighted by Crippen LogP contribution is 2.48. The number of nitrogens with zero attached hydrogens (tertiary/aromatic N) is 1. The van der Waals surface area contributed by atoms with Crippen LogP contribution in [0, 0.1) is 0 Å². The number of likely N-dealkylation sites (tertiary alicyclic amines) is 1. The summed E-state index contributed by atoms with van der Waals surface area (Å²) in [5, 5.41) is 3.68. The van der Waals surface area contributed by atoms with Gasteiger partial charge in [0.25, 0.3) is 0 Å². The van der Waals surface area contributed by atoms with Crippen LogP contribution in [0.3, 0.4) is 0 Å².